The summed E-state index contributed by atoms with van der Waals surface area (Å²) < 4.78 is 30.0. The number of nitrogens with zero attached hydrogens (tertiary/aromatic N) is 1. The minimum Gasteiger partial charge on any atom is -0.494 e. The van der Waals surface area contributed by atoms with Crippen LogP contribution in [0.5, 0.6) is 5.75 Å². The Morgan fingerprint density at radius 3 is 2.57 bits per heavy atom. The molecule has 0 unspecified atom stereocenters. The zero-order chi connectivity index (χ0) is 20.1. The maximum absolute atomic E-state index is 12.3. The Kier molecular flexibility index (Phi) is 5.96. The van der Waals surface area contributed by atoms with Gasteiger partial charge in [0.25, 0.3) is 15.9 Å². The lowest BCUT2D eigenvalue weighted by atomic mass is 10.2. The molecule has 1 saturated heterocycles. The van der Waals surface area contributed by atoms with Crippen molar-refractivity contribution in [3.05, 3.63) is 54.1 Å². The number of hydrogen-bond donors (Lipinski definition) is 2. The maximum Gasteiger partial charge on any atom is 0.266 e. The molecule has 1 fully saturated rings. The summed E-state index contributed by atoms with van der Waals surface area (Å²) in [7, 11) is -3.93. The highest BCUT2D eigenvalue weighted by molar-refractivity contribution is 7.89. The zero-order valence-electron chi connectivity index (χ0n) is 15.3. The molecule has 0 bridgehead atoms. The Morgan fingerprint density at radius 2 is 1.93 bits per heavy atom. The molecule has 3 rings (SSSR count). The quantitative estimate of drug-likeness (QED) is 0.687. The fraction of sp³-hybridized carbons (Fsp3) is 0.263. The van der Waals surface area contributed by atoms with Crippen molar-refractivity contribution in [2.24, 2.45) is 0 Å². The molecule has 0 saturated carbocycles. The van der Waals surface area contributed by atoms with Crippen LogP contribution in [0.4, 0.5) is 5.69 Å². The fourth-order valence-electron chi connectivity index (χ4n) is 2.86. The second-order valence-electron chi connectivity index (χ2n) is 6.16. The summed E-state index contributed by atoms with van der Waals surface area (Å²) in [5, 5.41) is 0. The molecule has 8 nitrogen and oxygen atoms in total. The van der Waals surface area contributed by atoms with Gasteiger partial charge in [-0.3, -0.25) is 15.0 Å². The van der Waals surface area contributed by atoms with Crippen LogP contribution in [0.15, 0.2) is 53.4 Å². The Bertz CT molecular complexity index is 973. The average Bonchev–Trinajstić information content (AvgIpc) is 3.13. The molecule has 0 radical (unpaired) electrons. The number of carbonyl (C=O) groups is 2. The highest BCUT2D eigenvalue weighted by Gasteiger charge is 2.22. The standard InChI is InChI=1S/C19H21N3O5S/c1-2-27-16-8-10-17(11-9-16)28(25,26)21-20-19(24)14-5-3-6-15(13-14)22-12-4-7-18(22)23/h3,5-6,8-11,13,21H,2,4,7,12H2,1H3,(H,20,24). The van der Waals surface area contributed by atoms with E-state index in [1.807, 2.05) is 6.92 Å². The van der Waals surface area contributed by atoms with Gasteiger partial charge in [0.15, 0.2) is 0 Å². The van der Waals surface area contributed by atoms with Crippen molar-refractivity contribution < 1.29 is 22.7 Å². The molecule has 0 atom stereocenters. The van der Waals surface area contributed by atoms with Gasteiger partial charge in [-0.1, -0.05) is 6.07 Å². The van der Waals surface area contributed by atoms with Crippen molar-refractivity contribution >= 4 is 27.5 Å². The smallest absolute Gasteiger partial charge is 0.266 e. The molecule has 0 spiro atoms. The second-order valence-corrected chi connectivity index (χ2v) is 7.85. The number of sulfonamides is 1. The molecule has 9 heteroatoms. The lowest BCUT2D eigenvalue weighted by molar-refractivity contribution is -0.117. The number of hydrogen-bond acceptors (Lipinski definition) is 5. The predicted octanol–water partition coefficient (Wildman–Crippen LogP) is 1.84. The van der Waals surface area contributed by atoms with Crippen molar-refractivity contribution in [3.8, 4) is 5.75 Å². The second kappa shape index (κ2) is 8.41. The average molecular weight is 403 g/mol. The summed E-state index contributed by atoms with van der Waals surface area (Å²) in [5.74, 6) is -0.0597. The molecule has 1 aliphatic heterocycles. The van der Waals surface area contributed by atoms with Gasteiger partial charge in [-0.25, -0.2) is 8.42 Å². The van der Waals surface area contributed by atoms with Gasteiger partial charge in [-0.05, 0) is 55.8 Å². The molecule has 2 aromatic carbocycles. The van der Waals surface area contributed by atoms with Gasteiger partial charge in [0.2, 0.25) is 5.91 Å². The predicted molar refractivity (Wildman–Crippen MR) is 103 cm³/mol. The van der Waals surface area contributed by atoms with Crippen LogP contribution < -0.4 is 19.9 Å². The molecule has 2 aromatic rings. The number of benzene rings is 2. The van der Waals surface area contributed by atoms with Crippen LogP contribution >= 0.6 is 0 Å². The molecule has 1 heterocycles. The highest BCUT2D eigenvalue weighted by Crippen LogP contribution is 2.22. The molecular formula is C19H21N3O5S. The van der Waals surface area contributed by atoms with Gasteiger partial charge in [0, 0.05) is 24.2 Å². The van der Waals surface area contributed by atoms with Gasteiger partial charge >= 0.3 is 0 Å². The van der Waals surface area contributed by atoms with E-state index in [0.29, 0.717) is 31.0 Å². The minimum absolute atomic E-state index is 0.00679. The van der Waals surface area contributed by atoms with Crippen molar-refractivity contribution in [2.75, 3.05) is 18.1 Å². The Labute approximate surface area is 163 Å². The van der Waals surface area contributed by atoms with E-state index >= 15 is 0 Å². The largest absolute Gasteiger partial charge is 0.494 e. The van der Waals surface area contributed by atoms with Gasteiger partial charge in [0.1, 0.15) is 5.75 Å². The third-order valence-corrected chi connectivity index (χ3v) is 5.50. The Hall–Kier alpha value is -2.91. The summed E-state index contributed by atoms with van der Waals surface area (Å²) in [6.45, 7) is 2.91. The van der Waals surface area contributed by atoms with E-state index in [1.165, 1.54) is 24.3 Å². The van der Waals surface area contributed by atoms with Gasteiger partial charge in [-0.2, -0.15) is 0 Å². The number of nitrogens with one attached hydrogen (secondary N) is 2. The summed E-state index contributed by atoms with van der Waals surface area (Å²) in [4.78, 5) is 27.9. The highest BCUT2D eigenvalue weighted by atomic mass is 32.2. The molecule has 148 valence electrons. The Balaban J connectivity index is 1.67. The first kappa shape index (κ1) is 19.8. The van der Waals surface area contributed by atoms with Crippen LogP contribution in [0.3, 0.4) is 0 Å². The monoisotopic (exact) mass is 403 g/mol. The van der Waals surface area contributed by atoms with Gasteiger partial charge in [0.05, 0.1) is 11.5 Å². The molecule has 0 aromatic heterocycles. The molecule has 1 aliphatic rings. The van der Waals surface area contributed by atoms with E-state index in [0.717, 1.165) is 6.42 Å². The van der Waals surface area contributed by atoms with E-state index in [-0.39, 0.29) is 16.4 Å². The van der Waals surface area contributed by atoms with Crippen LogP contribution in [0.25, 0.3) is 0 Å². The van der Waals surface area contributed by atoms with Gasteiger partial charge < -0.3 is 9.64 Å². The summed E-state index contributed by atoms with van der Waals surface area (Å²) >= 11 is 0. The first-order chi connectivity index (χ1) is 13.4. The van der Waals surface area contributed by atoms with Crippen molar-refractivity contribution in [1.29, 1.82) is 0 Å². The SMILES string of the molecule is CCOc1ccc(S(=O)(=O)NNC(=O)c2cccc(N3CCCC3=O)c2)cc1. The summed E-state index contributed by atoms with van der Waals surface area (Å²) in [5.41, 5.74) is 3.05. The third kappa shape index (κ3) is 4.49. The Morgan fingerprint density at radius 1 is 1.18 bits per heavy atom. The number of amides is 2. The third-order valence-electron chi connectivity index (χ3n) is 4.24. The van der Waals surface area contributed by atoms with Crippen LogP contribution in [-0.4, -0.2) is 33.4 Å². The van der Waals surface area contributed by atoms with Crippen molar-refractivity contribution in [3.63, 3.8) is 0 Å². The number of anilines is 1. The summed E-state index contributed by atoms with van der Waals surface area (Å²) in [6.07, 6.45) is 1.26. The van der Waals surface area contributed by atoms with Crippen LogP contribution in [-0.2, 0) is 14.8 Å². The van der Waals surface area contributed by atoms with E-state index in [2.05, 4.69) is 10.3 Å². The normalized spacial score (nSPS) is 14.2. The van der Waals surface area contributed by atoms with Crippen molar-refractivity contribution in [2.45, 2.75) is 24.7 Å². The molecule has 2 N–H and O–H groups in total. The number of rotatable bonds is 7. The van der Waals surface area contributed by atoms with Crippen LogP contribution in [0.1, 0.15) is 30.1 Å². The minimum atomic E-state index is -3.93. The first-order valence-corrected chi connectivity index (χ1v) is 10.3. The summed E-state index contributed by atoms with van der Waals surface area (Å²) in [6, 6.07) is 12.3. The fourth-order valence-corrected chi connectivity index (χ4v) is 3.70. The molecule has 2 amide bonds. The van der Waals surface area contributed by atoms with E-state index in [1.54, 1.807) is 29.2 Å². The molecular weight excluding hydrogens is 382 g/mol. The zero-order valence-corrected chi connectivity index (χ0v) is 16.2. The number of hydrazine groups is 1. The van der Waals surface area contributed by atoms with E-state index in [9.17, 15) is 18.0 Å². The number of carbonyl (C=O) groups excluding carboxylic acids is 2. The number of ether oxygens (including phenoxy) is 1. The van der Waals surface area contributed by atoms with Crippen molar-refractivity contribution in [1.82, 2.24) is 10.3 Å². The topological polar surface area (TPSA) is 105 Å². The van der Waals surface area contributed by atoms with Crippen LogP contribution in [0.2, 0.25) is 0 Å². The maximum atomic E-state index is 12.3. The first-order valence-electron chi connectivity index (χ1n) is 8.86. The molecule has 28 heavy (non-hydrogen) atoms. The van der Waals surface area contributed by atoms with Gasteiger partial charge in [-0.15, -0.1) is 4.83 Å². The lowest BCUT2D eigenvalue weighted by Crippen LogP contribution is -2.41. The lowest BCUT2D eigenvalue weighted by Gasteiger charge is -2.16. The van der Waals surface area contributed by atoms with E-state index in [4.69, 9.17) is 4.74 Å². The van der Waals surface area contributed by atoms with Crippen LogP contribution in [0, 0.1) is 0 Å². The van der Waals surface area contributed by atoms with E-state index < -0.39 is 15.9 Å². The molecule has 0 aliphatic carbocycles.